The molecule has 0 saturated heterocycles. The fraction of sp³-hybridized carbons (Fsp3) is 0. The van der Waals surface area contributed by atoms with Gasteiger partial charge in [-0.15, -0.1) is 0 Å². The molecule has 0 radical (unpaired) electrons. The lowest BCUT2D eigenvalue weighted by atomic mass is 10.1. The van der Waals surface area contributed by atoms with E-state index in [2.05, 4.69) is 28.8 Å². The van der Waals surface area contributed by atoms with Crippen molar-refractivity contribution in [2.24, 2.45) is 0 Å². The second-order valence-electron chi connectivity index (χ2n) is 8.85. The van der Waals surface area contributed by atoms with Gasteiger partial charge in [0.1, 0.15) is 5.82 Å². The summed E-state index contributed by atoms with van der Waals surface area (Å²) in [6, 6.07) is 42.4. The minimum atomic E-state index is -0.0198. The molecule has 0 bridgehead atoms. The molecule has 0 N–H and O–H groups in total. The van der Waals surface area contributed by atoms with E-state index in [9.17, 15) is 4.79 Å². The molecule has 170 valence electrons. The molecule has 4 nitrogen and oxygen atoms in total. The van der Waals surface area contributed by atoms with Gasteiger partial charge in [-0.1, -0.05) is 66.7 Å². The zero-order valence-electron chi connectivity index (χ0n) is 19.4. The Morgan fingerprint density at radius 3 is 1.83 bits per heavy atom. The monoisotopic (exact) mass is 463 g/mol. The van der Waals surface area contributed by atoms with Crippen molar-refractivity contribution in [1.29, 1.82) is 0 Å². The van der Waals surface area contributed by atoms with Gasteiger partial charge in [-0.3, -0.25) is 13.9 Å². The Morgan fingerprint density at radius 1 is 0.472 bits per heavy atom. The van der Waals surface area contributed by atoms with Gasteiger partial charge in [-0.05, 0) is 66.0 Å². The first-order valence-corrected chi connectivity index (χ1v) is 12.0. The molecule has 5 aromatic carbocycles. The van der Waals surface area contributed by atoms with Crippen molar-refractivity contribution in [3.63, 3.8) is 0 Å². The normalized spacial score (nSPS) is 11.4. The summed E-state index contributed by atoms with van der Waals surface area (Å²) in [6.07, 6.45) is 0. The lowest BCUT2D eigenvalue weighted by Crippen LogP contribution is -2.19. The Kier molecular flexibility index (Phi) is 4.57. The maximum Gasteiger partial charge on any atom is 0.263 e. The van der Waals surface area contributed by atoms with Crippen molar-refractivity contribution >= 4 is 32.7 Å². The van der Waals surface area contributed by atoms with E-state index in [0.29, 0.717) is 5.39 Å². The van der Waals surface area contributed by atoms with Crippen LogP contribution in [0.3, 0.4) is 0 Å². The van der Waals surface area contributed by atoms with Crippen LogP contribution in [0.2, 0.25) is 0 Å². The van der Waals surface area contributed by atoms with Crippen molar-refractivity contribution in [2.75, 3.05) is 0 Å². The molecule has 0 aliphatic rings. The average molecular weight is 464 g/mol. The Labute approximate surface area is 207 Å². The van der Waals surface area contributed by atoms with Gasteiger partial charge in [0.25, 0.3) is 5.56 Å². The number of benzene rings is 5. The molecule has 0 spiro atoms. The molecule has 0 atom stereocenters. The molecular weight excluding hydrogens is 442 g/mol. The number of pyridine rings is 1. The lowest BCUT2D eigenvalue weighted by Gasteiger charge is -2.14. The number of hydrogen-bond acceptors (Lipinski definition) is 2. The Balaban J connectivity index is 1.44. The third-order valence-corrected chi connectivity index (χ3v) is 6.75. The van der Waals surface area contributed by atoms with E-state index in [0.717, 1.165) is 50.1 Å². The first-order valence-electron chi connectivity index (χ1n) is 12.0. The van der Waals surface area contributed by atoms with Gasteiger partial charge in [0.05, 0.1) is 16.6 Å². The quantitative estimate of drug-likeness (QED) is 0.261. The number of hydrogen-bond donors (Lipinski definition) is 0. The second kappa shape index (κ2) is 8.07. The Morgan fingerprint density at radius 2 is 1.06 bits per heavy atom. The van der Waals surface area contributed by atoms with Crippen molar-refractivity contribution in [2.45, 2.75) is 0 Å². The van der Waals surface area contributed by atoms with Crippen molar-refractivity contribution < 1.29 is 0 Å². The van der Waals surface area contributed by atoms with Crippen LogP contribution in [0.5, 0.6) is 0 Å². The van der Waals surface area contributed by atoms with Crippen molar-refractivity contribution in [1.82, 2.24) is 14.1 Å². The van der Waals surface area contributed by atoms with Gasteiger partial charge in [-0.2, -0.15) is 0 Å². The molecule has 36 heavy (non-hydrogen) atoms. The minimum absolute atomic E-state index is 0.0198. The number of para-hydroxylation sites is 4. The summed E-state index contributed by atoms with van der Waals surface area (Å²) in [6.45, 7) is 0. The molecule has 0 saturated carbocycles. The minimum Gasteiger partial charge on any atom is -0.292 e. The maximum absolute atomic E-state index is 13.6. The van der Waals surface area contributed by atoms with Crippen LogP contribution in [0.15, 0.2) is 132 Å². The molecule has 7 rings (SSSR count). The summed E-state index contributed by atoms with van der Waals surface area (Å²) in [4.78, 5) is 18.6. The number of rotatable bonds is 3. The third-order valence-electron chi connectivity index (χ3n) is 6.75. The van der Waals surface area contributed by atoms with Crippen molar-refractivity contribution in [3.05, 3.63) is 138 Å². The molecule has 0 amide bonds. The average Bonchev–Trinajstić information content (AvgIpc) is 3.34. The van der Waals surface area contributed by atoms with Crippen LogP contribution in [-0.4, -0.2) is 14.1 Å². The number of nitrogens with zero attached hydrogens (tertiary/aromatic N) is 3. The summed E-state index contributed by atoms with van der Waals surface area (Å²) < 4.78 is 3.99. The van der Waals surface area contributed by atoms with E-state index >= 15 is 0 Å². The van der Waals surface area contributed by atoms with Gasteiger partial charge >= 0.3 is 0 Å². The van der Waals surface area contributed by atoms with Gasteiger partial charge < -0.3 is 0 Å². The zero-order chi connectivity index (χ0) is 24.1. The maximum atomic E-state index is 13.6. The van der Waals surface area contributed by atoms with E-state index in [1.165, 1.54) is 0 Å². The topological polar surface area (TPSA) is 39.8 Å². The molecule has 0 aliphatic carbocycles. The fourth-order valence-electron chi connectivity index (χ4n) is 5.10. The number of aromatic nitrogens is 3. The van der Waals surface area contributed by atoms with Crippen molar-refractivity contribution in [3.8, 4) is 22.8 Å². The molecule has 2 aromatic heterocycles. The lowest BCUT2D eigenvalue weighted by molar-refractivity contribution is 1.06. The molecule has 4 heteroatoms. The zero-order valence-corrected chi connectivity index (χ0v) is 19.4. The summed E-state index contributed by atoms with van der Waals surface area (Å²) in [5, 5.41) is 2.75. The fourth-order valence-corrected chi connectivity index (χ4v) is 5.10. The van der Waals surface area contributed by atoms with Gasteiger partial charge in [0, 0.05) is 27.7 Å². The smallest absolute Gasteiger partial charge is 0.263 e. The van der Waals surface area contributed by atoms with Gasteiger partial charge in [0.15, 0.2) is 0 Å². The standard InChI is InChI=1S/C32H21N3O/c36-32-27-14-5-4-12-25(27)26-13-6-8-16-29(26)35(32)24-20-18-22(19-21-24)31-33-28-15-7-9-17-30(28)34(31)23-10-2-1-3-11-23/h1-21H. The summed E-state index contributed by atoms with van der Waals surface area (Å²) in [5.41, 5.74) is 5.74. The summed E-state index contributed by atoms with van der Waals surface area (Å²) >= 11 is 0. The van der Waals surface area contributed by atoms with Gasteiger partial charge in [0.2, 0.25) is 0 Å². The molecule has 0 aliphatic heterocycles. The van der Waals surface area contributed by atoms with Crippen LogP contribution in [0.1, 0.15) is 0 Å². The predicted octanol–water partition coefficient (Wildman–Crippen LogP) is 7.15. The first kappa shape index (κ1) is 20.4. The highest BCUT2D eigenvalue weighted by molar-refractivity contribution is 6.06. The largest absolute Gasteiger partial charge is 0.292 e. The summed E-state index contributed by atoms with van der Waals surface area (Å²) in [5.74, 6) is 0.865. The molecule has 7 aromatic rings. The number of fused-ring (bicyclic) bond motifs is 4. The predicted molar refractivity (Wildman–Crippen MR) is 147 cm³/mol. The highest BCUT2D eigenvalue weighted by Gasteiger charge is 2.15. The molecule has 2 heterocycles. The molecule has 0 fully saturated rings. The van der Waals surface area contributed by atoms with Crippen LogP contribution in [0.25, 0.3) is 55.5 Å². The van der Waals surface area contributed by atoms with E-state index < -0.39 is 0 Å². The van der Waals surface area contributed by atoms with Crippen LogP contribution in [0.4, 0.5) is 0 Å². The molecule has 0 unspecified atom stereocenters. The van der Waals surface area contributed by atoms with Crippen LogP contribution < -0.4 is 5.56 Å². The van der Waals surface area contributed by atoms with Crippen LogP contribution in [0, 0.1) is 0 Å². The number of imidazole rings is 1. The van der Waals surface area contributed by atoms with E-state index in [1.54, 1.807) is 0 Å². The van der Waals surface area contributed by atoms with E-state index in [4.69, 9.17) is 4.98 Å². The van der Waals surface area contributed by atoms with Gasteiger partial charge in [-0.25, -0.2) is 4.98 Å². The first-order chi connectivity index (χ1) is 17.8. The third kappa shape index (κ3) is 3.08. The SMILES string of the molecule is O=c1c2ccccc2c2ccccc2n1-c1ccc(-c2nc3ccccc3n2-c2ccccc2)cc1. The Hall–Kier alpha value is -4.96. The van der Waals surface area contributed by atoms with E-state index in [-0.39, 0.29) is 5.56 Å². The highest BCUT2D eigenvalue weighted by Crippen LogP contribution is 2.30. The van der Waals surface area contributed by atoms with Crippen LogP contribution >= 0.6 is 0 Å². The Bertz CT molecular complexity index is 1950. The summed E-state index contributed by atoms with van der Waals surface area (Å²) in [7, 11) is 0. The molecular formula is C32H21N3O. The second-order valence-corrected chi connectivity index (χ2v) is 8.85. The van der Waals surface area contributed by atoms with Crippen LogP contribution in [-0.2, 0) is 0 Å². The highest BCUT2D eigenvalue weighted by atomic mass is 16.1. The van der Waals surface area contributed by atoms with E-state index in [1.807, 2.05) is 108 Å².